The summed E-state index contributed by atoms with van der Waals surface area (Å²) < 4.78 is 13.4. The van der Waals surface area contributed by atoms with E-state index in [-0.39, 0.29) is 12.2 Å². The van der Waals surface area contributed by atoms with Crippen LogP contribution in [0.25, 0.3) is 22.5 Å². The van der Waals surface area contributed by atoms with Crippen LogP contribution in [-0.2, 0) is 13.2 Å². The Labute approximate surface area is 206 Å². The molecule has 2 heterocycles. The van der Waals surface area contributed by atoms with Crippen LogP contribution >= 0.6 is 11.6 Å². The minimum atomic E-state index is -0.962. The first-order valence-corrected chi connectivity index (χ1v) is 11.4. The Balaban J connectivity index is 1.42. The fourth-order valence-electron chi connectivity index (χ4n) is 4.17. The standard InChI is InChI=1S/C27H22ClN3O4/c1-16-4-3-5-20(25(16)27(32)33)15-35-21-8-9-23-24(13-21)31(17(2)30-23)14-19-7-6-18(12-22(19)28)26-29-10-11-34-26/h3-13H,14-15H2,1-2H3,(H,32,33). The smallest absolute Gasteiger partial charge is 0.336 e. The minimum Gasteiger partial charge on any atom is -0.489 e. The Bertz CT molecular complexity index is 1540. The Hall–Kier alpha value is -4.10. The second kappa shape index (κ2) is 9.27. The average Bonchev–Trinajstić information content (AvgIpc) is 3.47. The molecule has 176 valence electrons. The number of aryl methyl sites for hydroxylation is 2. The third-order valence-electron chi connectivity index (χ3n) is 5.94. The summed E-state index contributed by atoms with van der Waals surface area (Å²) >= 11 is 6.59. The quantitative estimate of drug-likeness (QED) is 0.290. The summed E-state index contributed by atoms with van der Waals surface area (Å²) in [5.41, 5.74) is 5.08. The molecule has 8 heteroatoms. The molecule has 0 aliphatic rings. The molecule has 0 unspecified atom stereocenters. The van der Waals surface area contributed by atoms with Gasteiger partial charge in [0.1, 0.15) is 24.4 Å². The molecular weight excluding hydrogens is 466 g/mol. The van der Waals surface area contributed by atoms with Gasteiger partial charge in [0, 0.05) is 22.2 Å². The SMILES string of the molecule is Cc1cccc(COc2ccc3nc(C)n(Cc4ccc(-c5ncco5)cc4Cl)c3c2)c1C(=O)O. The number of nitrogens with zero attached hydrogens (tertiary/aromatic N) is 3. The molecule has 35 heavy (non-hydrogen) atoms. The van der Waals surface area contributed by atoms with Crippen LogP contribution in [-0.4, -0.2) is 25.6 Å². The zero-order valence-corrected chi connectivity index (χ0v) is 19.9. The van der Waals surface area contributed by atoms with Gasteiger partial charge in [0.2, 0.25) is 5.89 Å². The van der Waals surface area contributed by atoms with Crippen LogP contribution in [0.3, 0.4) is 0 Å². The second-order valence-corrected chi connectivity index (χ2v) is 8.65. The Morgan fingerprint density at radius 2 is 1.97 bits per heavy atom. The lowest BCUT2D eigenvalue weighted by molar-refractivity contribution is 0.0693. The summed E-state index contributed by atoms with van der Waals surface area (Å²) in [6.07, 6.45) is 3.12. The first-order valence-electron chi connectivity index (χ1n) is 11.0. The molecule has 0 saturated heterocycles. The van der Waals surface area contributed by atoms with Crippen LogP contribution in [0.2, 0.25) is 5.02 Å². The van der Waals surface area contributed by atoms with E-state index in [1.807, 2.05) is 49.4 Å². The minimum absolute atomic E-state index is 0.149. The zero-order valence-electron chi connectivity index (χ0n) is 19.2. The van der Waals surface area contributed by atoms with Gasteiger partial charge in [-0.1, -0.05) is 35.9 Å². The lowest BCUT2D eigenvalue weighted by Gasteiger charge is -2.12. The van der Waals surface area contributed by atoms with Gasteiger partial charge in [-0.3, -0.25) is 0 Å². The van der Waals surface area contributed by atoms with Gasteiger partial charge < -0.3 is 18.8 Å². The molecule has 0 radical (unpaired) electrons. The Morgan fingerprint density at radius 1 is 1.11 bits per heavy atom. The monoisotopic (exact) mass is 487 g/mol. The van der Waals surface area contributed by atoms with Crippen LogP contribution in [0.4, 0.5) is 0 Å². The fraction of sp³-hybridized carbons (Fsp3) is 0.148. The number of hydrogen-bond donors (Lipinski definition) is 1. The highest BCUT2D eigenvalue weighted by atomic mass is 35.5. The molecule has 1 N–H and O–H groups in total. The molecule has 5 aromatic rings. The number of carboxylic acids is 1. The van der Waals surface area contributed by atoms with Crippen molar-refractivity contribution >= 4 is 28.6 Å². The number of benzene rings is 3. The Kier molecular flexibility index (Phi) is 6.01. The first kappa shape index (κ1) is 22.7. The van der Waals surface area contributed by atoms with E-state index in [0.29, 0.717) is 34.3 Å². The molecule has 0 saturated carbocycles. The predicted octanol–water partition coefficient (Wildman–Crippen LogP) is 6.29. The van der Waals surface area contributed by atoms with E-state index in [0.717, 1.165) is 28.0 Å². The Morgan fingerprint density at radius 3 is 2.71 bits per heavy atom. The van der Waals surface area contributed by atoms with Gasteiger partial charge in [0.05, 0.1) is 29.3 Å². The van der Waals surface area contributed by atoms with Crippen LogP contribution in [0.5, 0.6) is 5.75 Å². The maximum Gasteiger partial charge on any atom is 0.336 e. The number of imidazole rings is 1. The van der Waals surface area contributed by atoms with Crippen molar-refractivity contribution in [1.29, 1.82) is 0 Å². The molecule has 0 aliphatic carbocycles. The number of carbonyl (C=O) groups is 1. The maximum absolute atomic E-state index is 11.7. The van der Waals surface area contributed by atoms with Crippen molar-refractivity contribution in [3.05, 3.63) is 100 Å². The molecule has 5 rings (SSSR count). The summed E-state index contributed by atoms with van der Waals surface area (Å²) in [4.78, 5) is 20.5. The van der Waals surface area contributed by atoms with E-state index in [9.17, 15) is 9.90 Å². The summed E-state index contributed by atoms with van der Waals surface area (Å²) in [5.74, 6) is 1.03. The number of oxazole rings is 1. The number of hydrogen-bond acceptors (Lipinski definition) is 5. The van der Waals surface area contributed by atoms with E-state index < -0.39 is 5.97 Å². The molecule has 0 spiro atoms. The van der Waals surface area contributed by atoms with Crippen molar-refractivity contribution in [3.8, 4) is 17.2 Å². The van der Waals surface area contributed by atoms with Crippen molar-refractivity contribution < 1.29 is 19.1 Å². The summed E-state index contributed by atoms with van der Waals surface area (Å²) in [6, 6.07) is 16.8. The summed E-state index contributed by atoms with van der Waals surface area (Å²) in [6.45, 7) is 4.40. The molecule has 0 amide bonds. The number of aromatic carboxylic acids is 1. The van der Waals surface area contributed by atoms with Crippen LogP contribution in [0.1, 0.15) is 32.9 Å². The molecule has 0 atom stereocenters. The van der Waals surface area contributed by atoms with E-state index in [4.69, 9.17) is 20.8 Å². The lowest BCUT2D eigenvalue weighted by Crippen LogP contribution is -2.08. The van der Waals surface area contributed by atoms with E-state index in [1.54, 1.807) is 25.3 Å². The maximum atomic E-state index is 11.7. The van der Waals surface area contributed by atoms with Crippen molar-refractivity contribution in [2.24, 2.45) is 0 Å². The summed E-state index contributed by atoms with van der Waals surface area (Å²) in [5, 5.41) is 10.2. The number of carboxylic acid groups (broad SMARTS) is 1. The van der Waals surface area contributed by atoms with E-state index in [2.05, 4.69) is 14.5 Å². The summed E-state index contributed by atoms with van der Waals surface area (Å²) in [7, 11) is 0. The van der Waals surface area contributed by atoms with E-state index in [1.165, 1.54) is 6.26 Å². The topological polar surface area (TPSA) is 90.4 Å². The molecule has 0 bridgehead atoms. The van der Waals surface area contributed by atoms with Crippen LogP contribution < -0.4 is 4.74 Å². The van der Waals surface area contributed by atoms with Gasteiger partial charge in [-0.05, 0) is 49.2 Å². The third-order valence-corrected chi connectivity index (χ3v) is 6.29. The first-order chi connectivity index (χ1) is 16.9. The highest BCUT2D eigenvalue weighted by Crippen LogP contribution is 2.28. The third kappa shape index (κ3) is 4.50. The van der Waals surface area contributed by atoms with Gasteiger partial charge in [-0.15, -0.1) is 0 Å². The number of aromatic nitrogens is 3. The lowest BCUT2D eigenvalue weighted by atomic mass is 10.0. The highest BCUT2D eigenvalue weighted by molar-refractivity contribution is 6.31. The second-order valence-electron chi connectivity index (χ2n) is 8.24. The van der Waals surface area contributed by atoms with Crippen LogP contribution in [0, 0.1) is 13.8 Å². The molecular formula is C27H22ClN3O4. The van der Waals surface area contributed by atoms with Crippen molar-refractivity contribution in [1.82, 2.24) is 14.5 Å². The molecule has 0 fully saturated rings. The fourth-order valence-corrected chi connectivity index (χ4v) is 4.41. The van der Waals surface area contributed by atoms with Gasteiger partial charge in [0.15, 0.2) is 0 Å². The van der Waals surface area contributed by atoms with Gasteiger partial charge in [0.25, 0.3) is 0 Å². The molecule has 3 aromatic carbocycles. The van der Waals surface area contributed by atoms with Crippen LogP contribution in [0.15, 0.2) is 71.5 Å². The molecule has 0 aliphatic heterocycles. The van der Waals surface area contributed by atoms with Crippen molar-refractivity contribution in [3.63, 3.8) is 0 Å². The zero-order chi connectivity index (χ0) is 24.5. The van der Waals surface area contributed by atoms with Crippen molar-refractivity contribution in [2.45, 2.75) is 27.0 Å². The van der Waals surface area contributed by atoms with Gasteiger partial charge >= 0.3 is 5.97 Å². The molecule has 2 aromatic heterocycles. The highest BCUT2D eigenvalue weighted by Gasteiger charge is 2.15. The normalized spacial score (nSPS) is 11.2. The van der Waals surface area contributed by atoms with Crippen molar-refractivity contribution in [2.75, 3.05) is 0 Å². The van der Waals surface area contributed by atoms with E-state index >= 15 is 0 Å². The average molecular weight is 488 g/mol. The number of halogens is 1. The predicted molar refractivity (Wildman–Crippen MR) is 133 cm³/mol. The van der Waals surface area contributed by atoms with Gasteiger partial charge in [-0.2, -0.15) is 0 Å². The largest absolute Gasteiger partial charge is 0.489 e. The number of ether oxygens (including phenoxy) is 1. The molecule has 7 nitrogen and oxygen atoms in total. The number of fused-ring (bicyclic) bond motifs is 1. The number of rotatable bonds is 7. The van der Waals surface area contributed by atoms with Gasteiger partial charge in [-0.25, -0.2) is 14.8 Å².